The van der Waals surface area contributed by atoms with Crippen molar-refractivity contribution in [2.75, 3.05) is 13.7 Å². The van der Waals surface area contributed by atoms with Crippen molar-refractivity contribution in [2.24, 2.45) is 0 Å². The highest BCUT2D eigenvalue weighted by Gasteiger charge is 2.07. The highest BCUT2D eigenvalue weighted by atomic mass is 32.1. The number of carbonyl (C=O) groups excluding carboxylic acids is 2. The van der Waals surface area contributed by atoms with E-state index in [0.29, 0.717) is 0 Å². The number of nitrogens with one attached hydrogen (secondary N) is 1. The Bertz CT molecular complexity index is 363. The van der Waals surface area contributed by atoms with Gasteiger partial charge < -0.3 is 10.1 Å². The lowest BCUT2D eigenvalue weighted by Crippen LogP contribution is -2.31. The lowest BCUT2D eigenvalue weighted by molar-refractivity contribution is -0.141. The smallest absolute Gasteiger partial charge is 0.325 e. The number of methoxy groups -OCH3 is 1. The first kappa shape index (κ1) is 15.6. The Hall–Kier alpha value is -1.43. The fourth-order valence-corrected chi connectivity index (χ4v) is 1.57. The van der Waals surface area contributed by atoms with Crippen LogP contribution < -0.4 is 5.32 Å². The van der Waals surface area contributed by atoms with Crippen LogP contribution in [-0.2, 0) is 20.7 Å². The van der Waals surface area contributed by atoms with Gasteiger partial charge in [-0.25, -0.2) is 4.98 Å². The number of thiazole rings is 1. The topological polar surface area (TPSA) is 68.3 Å². The summed E-state index contributed by atoms with van der Waals surface area (Å²) in [5, 5.41) is 5.19. The molecule has 0 aromatic carbocycles. The largest absolute Gasteiger partial charge is 0.468 e. The second kappa shape index (κ2) is 8.69. The maximum Gasteiger partial charge on any atom is 0.325 e. The maximum atomic E-state index is 11.3. The number of ether oxygens (including phenoxy) is 1. The molecule has 0 aliphatic heterocycles. The van der Waals surface area contributed by atoms with Gasteiger partial charge in [0.15, 0.2) is 0 Å². The first-order valence-electron chi connectivity index (χ1n) is 5.36. The second-order valence-corrected chi connectivity index (χ2v) is 3.95. The summed E-state index contributed by atoms with van der Waals surface area (Å²) in [6.45, 7) is 5.78. The molecule has 1 aromatic heterocycles. The third kappa shape index (κ3) is 6.68. The summed E-state index contributed by atoms with van der Waals surface area (Å²) < 4.78 is 4.39. The molecular formula is C11H18N2O3S. The first-order valence-corrected chi connectivity index (χ1v) is 6.24. The van der Waals surface area contributed by atoms with Gasteiger partial charge in [0, 0.05) is 5.38 Å². The van der Waals surface area contributed by atoms with E-state index in [1.165, 1.54) is 18.4 Å². The van der Waals surface area contributed by atoms with Gasteiger partial charge in [-0.15, -0.1) is 11.3 Å². The predicted molar refractivity (Wildman–Crippen MR) is 66.9 cm³/mol. The first-order chi connectivity index (χ1) is 8.11. The van der Waals surface area contributed by atoms with E-state index in [0.717, 1.165) is 10.7 Å². The van der Waals surface area contributed by atoms with Crippen molar-refractivity contribution in [3.63, 3.8) is 0 Å². The van der Waals surface area contributed by atoms with Crippen LogP contribution in [0.4, 0.5) is 0 Å². The Morgan fingerprint density at radius 2 is 2.12 bits per heavy atom. The van der Waals surface area contributed by atoms with Crippen LogP contribution in [0, 0.1) is 6.92 Å². The average molecular weight is 258 g/mol. The molecule has 0 saturated heterocycles. The van der Waals surface area contributed by atoms with Gasteiger partial charge >= 0.3 is 5.97 Å². The van der Waals surface area contributed by atoms with E-state index in [2.05, 4.69) is 15.0 Å². The van der Waals surface area contributed by atoms with Gasteiger partial charge in [0.1, 0.15) is 6.54 Å². The van der Waals surface area contributed by atoms with Crippen LogP contribution in [0.15, 0.2) is 5.38 Å². The van der Waals surface area contributed by atoms with Crippen molar-refractivity contribution in [3.05, 3.63) is 16.1 Å². The number of rotatable bonds is 4. The van der Waals surface area contributed by atoms with Gasteiger partial charge in [-0.1, -0.05) is 13.8 Å². The predicted octanol–water partition coefficient (Wildman–Crippen LogP) is 1.31. The normalized spacial score (nSPS) is 8.94. The molecule has 6 heteroatoms. The second-order valence-electron chi connectivity index (χ2n) is 2.89. The molecule has 0 radical (unpaired) electrons. The van der Waals surface area contributed by atoms with Gasteiger partial charge in [-0.3, -0.25) is 9.59 Å². The molecule has 0 unspecified atom stereocenters. The van der Waals surface area contributed by atoms with Crippen molar-refractivity contribution < 1.29 is 14.3 Å². The molecule has 0 aliphatic rings. The average Bonchev–Trinajstić information content (AvgIpc) is 2.74. The van der Waals surface area contributed by atoms with E-state index in [9.17, 15) is 9.59 Å². The molecule has 0 aliphatic carbocycles. The number of amides is 1. The van der Waals surface area contributed by atoms with Crippen molar-refractivity contribution >= 4 is 23.2 Å². The van der Waals surface area contributed by atoms with Crippen molar-refractivity contribution in [1.82, 2.24) is 10.3 Å². The molecule has 0 bridgehead atoms. The fraction of sp³-hybridized carbons (Fsp3) is 0.545. The molecule has 0 atom stereocenters. The van der Waals surface area contributed by atoms with E-state index in [1.807, 2.05) is 26.2 Å². The molecule has 5 nitrogen and oxygen atoms in total. The Morgan fingerprint density at radius 3 is 2.59 bits per heavy atom. The molecule has 0 fully saturated rings. The molecule has 1 heterocycles. The number of esters is 1. The monoisotopic (exact) mass is 258 g/mol. The molecule has 1 N–H and O–H groups in total. The fourth-order valence-electron chi connectivity index (χ4n) is 0.959. The summed E-state index contributed by atoms with van der Waals surface area (Å²) in [5.41, 5.74) is 0.722. The van der Waals surface area contributed by atoms with E-state index >= 15 is 0 Å². The number of hydrogen-bond acceptors (Lipinski definition) is 5. The standard InChI is InChI=1S/C9H12N2O3S.C2H6/c1-6-11-7(5-15-6)3-8(12)10-4-9(13)14-2;1-2/h5H,3-4H2,1-2H3,(H,10,12);1-2H3. The zero-order chi connectivity index (χ0) is 13.3. The summed E-state index contributed by atoms with van der Waals surface area (Å²) in [6, 6.07) is 0. The molecule has 0 spiro atoms. The van der Waals surface area contributed by atoms with Gasteiger partial charge in [-0.2, -0.15) is 0 Å². The van der Waals surface area contributed by atoms with Gasteiger partial charge in [0.2, 0.25) is 5.91 Å². The van der Waals surface area contributed by atoms with Gasteiger partial charge in [-0.05, 0) is 6.92 Å². The van der Waals surface area contributed by atoms with Crippen LogP contribution in [0.5, 0.6) is 0 Å². The molecule has 1 rings (SSSR count). The van der Waals surface area contributed by atoms with E-state index in [1.54, 1.807) is 0 Å². The van der Waals surface area contributed by atoms with E-state index in [4.69, 9.17) is 0 Å². The summed E-state index contributed by atoms with van der Waals surface area (Å²) in [6.07, 6.45) is 0.196. The van der Waals surface area contributed by atoms with Crippen LogP contribution >= 0.6 is 11.3 Å². The summed E-state index contributed by atoms with van der Waals surface area (Å²) >= 11 is 1.49. The number of aromatic nitrogens is 1. The van der Waals surface area contributed by atoms with Crippen LogP contribution in [-0.4, -0.2) is 30.5 Å². The van der Waals surface area contributed by atoms with E-state index in [-0.39, 0.29) is 18.9 Å². The molecular weight excluding hydrogens is 240 g/mol. The minimum Gasteiger partial charge on any atom is -0.468 e. The molecule has 96 valence electrons. The maximum absolute atomic E-state index is 11.3. The minimum atomic E-state index is -0.460. The summed E-state index contributed by atoms with van der Waals surface area (Å²) in [7, 11) is 1.28. The summed E-state index contributed by atoms with van der Waals surface area (Å²) in [5.74, 6) is -0.691. The number of carbonyl (C=O) groups is 2. The SMILES string of the molecule is CC.COC(=O)CNC(=O)Cc1csc(C)n1. The summed E-state index contributed by atoms with van der Waals surface area (Å²) in [4.78, 5) is 26.1. The van der Waals surface area contributed by atoms with Crippen LogP contribution in [0.1, 0.15) is 24.5 Å². The van der Waals surface area contributed by atoms with Crippen LogP contribution in [0.3, 0.4) is 0 Å². The molecule has 1 amide bonds. The Balaban J connectivity index is 0.00000121. The van der Waals surface area contributed by atoms with Crippen LogP contribution in [0.25, 0.3) is 0 Å². The molecule has 1 aromatic rings. The van der Waals surface area contributed by atoms with Gasteiger partial charge in [0.25, 0.3) is 0 Å². The Kier molecular flexibility index (Phi) is 7.96. The number of aryl methyl sites for hydroxylation is 1. The lowest BCUT2D eigenvalue weighted by Gasteiger charge is -2.01. The van der Waals surface area contributed by atoms with E-state index < -0.39 is 5.97 Å². The minimum absolute atomic E-state index is 0.0988. The number of hydrogen-bond donors (Lipinski definition) is 1. The zero-order valence-corrected chi connectivity index (χ0v) is 11.4. The highest BCUT2D eigenvalue weighted by molar-refractivity contribution is 7.09. The van der Waals surface area contributed by atoms with Crippen molar-refractivity contribution in [3.8, 4) is 0 Å². The zero-order valence-electron chi connectivity index (χ0n) is 10.6. The molecule has 0 saturated carbocycles. The Morgan fingerprint density at radius 1 is 1.47 bits per heavy atom. The van der Waals surface area contributed by atoms with Crippen molar-refractivity contribution in [1.29, 1.82) is 0 Å². The highest BCUT2D eigenvalue weighted by Crippen LogP contribution is 2.07. The third-order valence-electron chi connectivity index (χ3n) is 1.67. The number of nitrogens with zero attached hydrogens (tertiary/aromatic N) is 1. The van der Waals surface area contributed by atoms with Gasteiger partial charge in [0.05, 0.1) is 24.2 Å². The lowest BCUT2D eigenvalue weighted by atomic mass is 10.3. The Labute approximate surface area is 105 Å². The third-order valence-corrected chi connectivity index (χ3v) is 2.49. The molecule has 17 heavy (non-hydrogen) atoms. The van der Waals surface area contributed by atoms with Crippen molar-refractivity contribution in [2.45, 2.75) is 27.2 Å². The van der Waals surface area contributed by atoms with Crippen LogP contribution in [0.2, 0.25) is 0 Å². The quantitative estimate of drug-likeness (QED) is 0.827.